The largest absolute Gasteiger partial charge is 0.267 e. The molecule has 1 rings (SSSR count). The molecule has 14 heavy (non-hydrogen) atoms. The van der Waals surface area contributed by atoms with Crippen molar-refractivity contribution < 1.29 is 8.42 Å². The molecule has 1 aromatic heterocycles. The number of rotatable bonds is 4. The van der Waals surface area contributed by atoms with E-state index in [9.17, 15) is 8.42 Å². The maximum Gasteiger partial charge on any atom is 0.235 e. The normalized spacial score (nSPS) is 11.3. The second-order valence-corrected chi connectivity index (χ2v) is 5.06. The molecule has 7 heteroatoms. The van der Waals surface area contributed by atoms with Gasteiger partial charge >= 0.3 is 0 Å². The number of hydrogen-bond acceptors (Lipinski definition) is 3. The molecule has 0 unspecified atom stereocenters. The van der Waals surface area contributed by atoms with Crippen LogP contribution in [0, 0.1) is 0 Å². The van der Waals surface area contributed by atoms with Crippen molar-refractivity contribution in [2.24, 2.45) is 0 Å². The van der Waals surface area contributed by atoms with Gasteiger partial charge in [0.2, 0.25) is 10.0 Å². The Morgan fingerprint density at radius 1 is 1.43 bits per heavy atom. The minimum Gasteiger partial charge on any atom is -0.267 e. The Morgan fingerprint density at radius 2 is 2.14 bits per heavy atom. The first-order chi connectivity index (χ1) is 6.53. The molecule has 0 radical (unpaired) electrons. The minimum atomic E-state index is -3.40. The zero-order valence-electron chi connectivity index (χ0n) is 7.07. The van der Waals surface area contributed by atoms with Crippen LogP contribution < -0.4 is 4.72 Å². The van der Waals surface area contributed by atoms with E-state index < -0.39 is 10.0 Å². The Kier molecular flexibility index (Phi) is 3.97. The van der Waals surface area contributed by atoms with Crippen LogP contribution in [0.4, 0.5) is 5.82 Å². The van der Waals surface area contributed by atoms with Gasteiger partial charge in [0.15, 0.2) is 0 Å². The van der Waals surface area contributed by atoms with Crippen LogP contribution in [-0.2, 0) is 10.0 Å². The number of nitrogens with one attached hydrogen (secondary N) is 1. The fourth-order valence-corrected chi connectivity index (χ4v) is 2.29. The van der Waals surface area contributed by atoms with Gasteiger partial charge in [-0.1, -0.05) is 17.7 Å². The topological polar surface area (TPSA) is 59.1 Å². The summed E-state index contributed by atoms with van der Waals surface area (Å²) in [6, 6.07) is 4.67. The fraction of sp³-hybridized carbons (Fsp3) is 0.286. The summed E-state index contributed by atoms with van der Waals surface area (Å²) in [4.78, 5) is 3.77. The van der Waals surface area contributed by atoms with Gasteiger partial charge in [0.25, 0.3) is 0 Å². The third kappa shape index (κ3) is 3.69. The third-order valence-corrected chi connectivity index (χ3v) is 3.21. The molecule has 78 valence electrons. The Morgan fingerprint density at radius 3 is 2.71 bits per heavy atom. The highest BCUT2D eigenvalue weighted by Gasteiger charge is 2.09. The molecular weight excluding hydrogens is 247 g/mol. The average Bonchev–Trinajstić information content (AvgIpc) is 2.02. The predicted molar refractivity (Wildman–Crippen MR) is 57.4 cm³/mol. The van der Waals surface area contributed by atoms with Crippen LogP contribution in [0.15, 0.2) is 18.2 Å². The lowest BCUT2D eigenvalue weighted by molar-refractivity contribution is 0.602. The first-order valence-electron chi connectivity index (χ1n) is 3.72. The summed E-state index contributed by atoms with van der Waals surface area (Å²) in [5, 5.41) is 0.232. The summed E-state index contributed by atoms with van der Waals surface area (Å²) in [6.07, 6.45) is 0. The van der Waals surface area contributed by atoms with Crippen LogP contribution in [0.1, 0.15) is 0 Å². The van der Waals surface area contributed by atoms with Crippen molar-refractivity contribution in [1.82, 2.24) is 4.98 Å². The average molecular weight is 255 g/mol. The van der Waals surface area contributed by atoms with E-state index in [0.29, 0.717) is 0 Å². The van der Waals surface area contributed by atoms with Crippen LogP contribution >= 0.6 is 23.2 Å². The van der Waals surface area contributed by atoms with E-state index in [0.717, 1.165) is 0 Å². The number of nitrogens with zero attached hydrogens (tertiary/aromatic N) is 1. The van der Waals surface area contributed by atoms with E-state index in [1.165, 1.54) is 6.07 Å². The molecule has 0 bridgehead atoms. The molecule has 0 aliphatic rings. The van der Waals surface area contributed by atoms with E-state index >= 15 is 0 Å². The molecular formula is C7H8Cl2N2O2S. The summed E-state index contributed by atoms with van der Waals surface area (Å²) in [5.74, 6) is 0.0844. The van der Waals surface area contributed by atoms with Gasteiger partial charge in [0.1, 0.15) is 11.0 Å². The molecule has 0 atom stereocenters. The minimum absolute atomic E-state index is 0.0376. The summed E-state index contributed by atoms with van der Waals surface area (Å²) in [5.41, 5.74) is 0. The molecule has 0 saturated heterocycles. The van der Waals surface area contributed by atoms with Gasteiger partial charge in [0.05, 0.1) is 5.75 Å². The second kappa shape index (κ2) is 4.82. The maximum atomic E-state index is 11.2. The summed E-state index contributed by atoms with van der Waals surface area (Å²) in [6.45, 7) is 0. The number of pyridine rings is 1. The van der Waals surface area contributed by atoms with Gasteiger partial charge in [-0.05, 0) is 12.1 Å². The summed E-state index contributed by atoms with van der Waals surface area (Å²) >= 11 is 10.9. The molecule has 0 aliphatic heterocycles. The van der Waals surface area contributed by atoms with E-state index in [2.05, 4.69) is 9.71 Å². The lowest BCUT2D eigenvalue weighted by Gasteiger charge is -2.04. The Bertz CT molecular complexity index is 408. The van der Waals surface area contributed by atoms with Crippen LogP contribution in [0.3, 0.4) is 0 Å². The second-order valence-electron chi connectivity index (χ2n) is 2.46. The number of anilines is 1. The number of sulfonamides is 1. The summed E-state index contributed by atoms with van der Waals surface area (Å²) < 4.78 is 24.7. The van der Waals surface area contributed by atoms with Gasteiger partial charge in [-0.2, -0.15) is 0 Å². The molecule has 1 aromatic rings. The molecule has 0 aliphatic carbocycles. The first-order valence-corrected chi connectivity index (χ1v) is 6.29. The van der Waals surface area contributed by atoms with Gasteiger partial charge in [-0.3, -0.25) is 4.72 Å². The van der Waals surface area contributed by atoms with E-state index in [4.69, 9.17) is 23.2 Å². The lowest BCUT2D eigenvalue weighted by Crippen LogP contribution is -2.18. The van der Waals surface area contributed by atoms with Crippen molar-refractivity contribution in [2.75, 3.05) is 16.4 Å². The zero-order valence-corrected chi connectivity index (χ0v) is 9.40. The molecule has 1 heterocycles. The van der Waals surface area contributed by atoms with Crippen molar-refractivity contribution in [3.05, 3.63) is 23.4 Å². The monoisotopic (exact) mass is 254 g/mol. The van der Waals surface area contributed by atoms with Gasteiger partial charge in [-0.15, -0.1) is 11.6 Å². The number of halogens is 2. The van der Waals surface area contributed by atoms with Crippen LogP contribution in [0.2, 0.25) is 5.15 Å². The number of aromatic nitrogens is 1. The third-order valence-electron chi connectivity index (χ3n) is 1.32. The van der Waals surface area contributed by atoms with E-state index in [-0.39, 0.29) is 22.6 Å². The van der Waals surface area contributed by atoms with Crippen LogP contribution in [0.25, 0.3) is 0 Å². The fourth-order valence-electron chi connectivity index (χ4n) is 0.777. The first kappa shape index (κ1) is 11.6. The van der Waals surface area contributed by atoms with E-state index in [1.807, 2.05) is 0 Å². The SMILES string of the molecule is O=S(=O)(CCCl)Nc1cccc(Cl)n1. The van der Waals surface area contributed by atoms with Crippen LogP contribution in [-0.4, -0.2) is 25.0 Å². The van der Waals surface area contributed by atoms with Crippen molar-refractivity contribution >= 4 is 39.0 Å². The van der Waals surface area contributed by atoms with Crippen LogP contribution in [0.5, 0.6) is 0 Å². The van der Waals surface area contributed by atoms with Gasteiger partial charge in [-0.25, -0.2) is 13.4 Å². The highest BCUT2D eigenvalue weighted by atomic mass is 35.5. The van der Waals surface area contributed by atoms with Gasteiger partial charge in [0, 0.05) is 5.88 Å². The highest BCUT2D eigenvalue weighted by Crippen LogP contribution is 2.10. The quantitative estimate of drug-likeness (QED) is 0.658. The predicted octanol–water partition coefficient (Wildman–Crippen LogP) is 1.72. The number of hydrogen-bond donors (Lipinski definition) is 1. The maximum absolute atomic E-state index is 11.2. The molecule has 0 saturated carbocycles. The standard InChI is InChI=1S/C7H8Cl2N2O2S/c8-4-5-14(12,13)11-7-3-1-2-6(9)10-7/h1-3H,4-5H2,(H,10,11). The molecule has 0 spiro atoms. The highest BCUT2D eigenvalue weighted by molar-refractivity contribution is 7.92. The van der Waals surface area contributed by atoms with Crippen molar-refractivity contribution in [3.8, 4) is 0 Å². The van der Waals surface area contributed by atoms with Gasteiger partial charge < -0.3 is 0 Å². The summed E-state index contributed by atoms with van der Waals surface area (Å²) in [7, 11) is -3.40. The Hall–Kier alpha value is -0.520. The number of alkyl halides is 1. The molecule has 0 aromatic carbocycles. The van der Waals surface area contributed by atoms with Crippen molar-refractivity contribution in [2.45, 2.75) is 0 Å². The molecule has 1 N–H and O–H groups in total. The molecule has 0 fully saturated rings. The van der Waals surface area contributed by atoms with E-state index in [1.54, 1.807) is 12.1 Å². The molecule has 4 nitrogen and oxygen atoms in total. The lowest BCUT2D eigenvalue weighted by atomic mass is 10.5. The Labute approximate surface area is 92.3 Å². The zero-order chi connectivity index (χ0) is 10.6. The van der Waals surface area contributed by atoms with Crippen molar-refractivity contribution in [1.29, 1.82) is 0 Å². The smallest absolute Gasteiger partial charge is 0.235 e. The Balaban J connectivity index is 2.79. The van der Waals surface area contributed by atoms with Crippen molar-refractivity contribution in [3.63, 3.8) is 0 Å². The molecule has 0 amide bonds.